The van der Waals surface area contributed by atoms with E-state index in [1.807, 2.05) is 6.92 Å². The largest absolute Gasteiger partial charge is 0.480 e. The maximum absolute atomic E-state index is 12.4. The summed E-state index contributed by atoms with van der Waals surface area (Å²) < 4.78 is 0. The van der Waals surface area contributed by atoms with Crippen LogP contribution in [-0.2, 0) is 24.0 Å². The Labute approximate surface area is 170 Å². The Bertz CT molecular complexity index is 610. The molecule has 4 amide bonds. The lowest BCUT2D eigenvalue weighted by Gasteiger charge is -2.23. The monoisotopic (exact) mass is 415 g/mol. The van der Waals surface area contributed by atoms with Gasteiger partial charge in [0.15, 0.2) is 0 Å². The molecule has 0 aromatic carbocycles. The van der Waals surface area contributed by atoms with Crippen molar-refractivity contribution in [3.8, 4) is 0 Å². The minimum atomic E-state index is -1.19. The van der Waals surface area contributed by atoms with Gasteiger partial charge in [-0.1, -0.05) is 34.1 Å². The Morgan fingerprint density at radius 1 is 1.00 bits per heavy atom. The zero-order valence-corrected chi connectivity index (χ0v) is 17.4. The third-order valence-electron chi connectivity index (χ3n) is 4.54. The highest BCUT2D eigenvalue weighted by Crippen LogP contribution is 2.07. The summed E-state index contributed by atoms with van der Waals surface area (Å²) in [4.78, 5) is 58.8. The van der Waals surface area contributed by atoms with E-state index in [4.69, 9.17) is 16.6 Å². The fraction of sp³-hybridized carbons (Fsp3) is 0.722. The third kappa shape index (κ3) is 9.88. The molecule has 0 bridgehead atoms. The molecule has 0 aromatic heterocycles. The van der Waals surface area contributed by atoms with E-state index < -0.39 is 54.3 Å². The molecule has 166 valence electrons. The van der Waals surface area contributed by atoms with Crippen molar-refractivity contribution in [1.29, 1.82) is 0 Å². The predicted octanol–water partition coefficient (Wildman–Crippen LogP) is -1.55. The number of hydrogen-bond acceptors (Lipinski definition) is 6. The summed E-state index contributed by atoms with van der Waals surface area (Å²) in [6, 6.07) is -3.05. The average Bonchev–Trinajstić information content (AvgIpc) is 2.64. The van der Waals surface area contributed by atoms with Crippen molar-refractivity contribution in [1.82, 2.24) is 16.0 Å². The van der Waals surface area contributed by atoms with E-state index in [1.165, 1.54) is 0 Å². The molecule has 0 aliphatic rings. The second-order valence-electron chi connectivity index (χ2n) is 7.32. The fourth-order valence-corrected chi connectivity index (χ4v) is 2.36. The summed E-state index contributed by atoms with van der Waals surface area (Å²) in [5.74, 6) is -4.27. The molecule has 0 rings (SSSR count). The zero-order valence-electron chi connectivity index (χ0n) is 17.4. The number of hydrogen-bond donors (Lipinski definition) is 6. The van der Waals surface area contributed by atoms with Gasteiger partial charge in [0.05, 0.1) is 12.6 Å². The van der Waals surface area contributed by atoms with Crippen LogP contribution < -0.4 is 27.4 Å². The Balaban J connectivity index is 4.95. The molecule has 0 saturated carbocycles. The van der Waals surface area contributed by atoms with Gasteiger partial charge >= 0.3 is 5.97 Å². The summed E-state index contributed by atoms with van der Waals surface area (Å²) in [5, 5.41) is 16.2. The molecule has 0 aromatic rings. The summed E-state index contributed by atoms with van der Waals surface area (Å²) in [6.07, 6.45) is 0.441. The van der Waals surface area contributed by atoms with Crippen LogP contribution in [0.4, 0.5) is 0 Å². The van der Waals surface area contributed by atoms with Crippen LogP contribution in [0, 0.1) is 11.8 Å². The van der Waals surface area contributed by atoms with Gasteiger partial charge in [-0.05, 0) is 18.3 Å². The van der Waals surface area contributed by atoms with E-state index >= 15 is 0 Å². The number of nitrogens with one attached hydrogen (secondary N) is 3. The van der Waals surface area contributed by atoms with Gasteiger partial charge in [-0.15, -0.1) is 0 Å². The van der Waals surface area contributed by atoms with Crippen LogP contribution >= 0.6 is 0 Å². The Hall–Kier alpha value is -2.69. The molecule has 11 heteroatoms. The topological polar surface area (TPSA) is 194 Å². The van der Waals surface area contributed by atoms with Gasteiger partial charge in [0.2, 0.25) is 23.6 Å². The van der Waals surface area contributed by atoms with E-state index in [-0.39, 0.29) is 24.7 Å². The molecule has 4 atom stereocenters. The second kappa shape index (κ2) is 12.7. The Kier molecular flexibility index (Phi) is 11.5. The van der Waals surface area contributed by atoms with Crippen molar-refractivity contribution in [2.24, 2.45) is 23.3 Å². The van der Waals surface area contributed by atoms with E-state index in [9.17, 15) is 24.0 Å². The molecule has 0 aliphatic heterocycles. The molecule has 0 radical (unpaired) electrons. The Morgan fingerprint density at radius 2 is 1.59 bits per heavy atom. The van der Waals surface area contributed by atoms with Crippen molar-refractivity contribution < 1.29 is 29.1 Å². The lowest BCUT2D eigenvalue weighted by Crippen LogP contribution is -2.55. The summed E-state index contributed by atoms with van der Waals surface area (Å²) in [7, 11) is 0. The van der Waals surface area contributed by atoms with Crippen molar-refractivity contribution in [2.75, 3.05) is 6.54 Å². The standard InChI is InChI=1S/C18H33N5O6/c1-5-10(4)14(20)17(27)22-11(6-7-12(19)24)16(26)21-8-13(25)23-15(9(2)3)18(28)29/h9-11,14-15H,5-8,20H2,1-4H3,(H2,19,24)(H,21,26)(H,22,27)(H,23,25)(H,28,29). The number of carbonyl (C=O) groups is 5. The van der Waals surface area contributed by atoms with Crippen molar-refractivity contribution >= 4 is 29.6 Å². The van der Waals surface area contributed by atoms with Crippen LogP contribution in [0.3, 0.4) is 0 Å². The SMILES string of the molecule is CCC(C)C(N)C(=O)NC(CCC(N)=O)C(=O)NCC(=O)NC(C(=O)O)C(C)C. The van der Waals surface area contributed by atoms with Gasteiger partial charge in [-0.2, -0.15) is 0 Å². The van der Waals surface area contributed by atoms with Gasteiger partial charge in [-0.25, -0.2) is 4.79 Å². The van der Waals surface area contributed by atoms with Crippen molar-refractivity contribution in [2.45, 2.75) is 65.1 Å². The van der Waals surface area contributed by atoms with Crippen molar-refractivity contribution in [3.63, 3.8) is 0 Å². The first-order valence-electron chi connectivity index (χ1n) is 9.54. The first-order chi connectivity index (χ1) is 13.4. The number of carbonyl (C=O) groups excluding carboxylic acids is 4. The number of rotatable bonds is 13. The lowest BCUT2D eigenvalue weighted by molar-refractivity contribution is -0.143. The second-order valence-corrected chi connectivity index (χ2v) is 7.32. The normalized spacial score (nSPS) is 15.0. The van der Waals surface area contributed by atoms with Crippen LogP contribution in [0.5, 0.6) is 0 Å². The number of carboxylic acids is 1. The number of carboxylic acid groups (broad SMARTS) is 1. The van der Waals surface area contributed by atoms with E-state index in [0.717, 1.165) is 0 Å². The molecule has 8 N–H and O–H groups in total. The summed E-state index contributed by atoms with van der Waals surface area (Å²) >= 11 is 0. The molecule has 0 heterocycles. The molecule has 11 nitrogen and oxygen atoms in total. The molecule has 0 fully saturated rings. The lowest BCUT2D eigenvalue weighted by atomic mass is 9.98. The van der Waals surface area contributed by atoms with E-state index in [2.05, 4.69) is 16.0 Å². The number of nitrogens with two attached hydrogens (primary N) is 2. The third-order valence-corrected chi connectivity index (χ3v) is 4.54. The Morgan fingerprint density at radius 3 is 2.03 bits per heavy atom. The van der Waals surface area contributed by atoms with Crippen molar-refractivity contribution in [3.05, 3.63) is 0 Å². The summed E-state index contributed by atoms with van der Waals surface area (Å²) in [5.41, 5.74) is 11.0. The van der Waals surface area contributed by atoms with Gasteiger partial charge in [0.25, 0.3) is 0 Å². The molecular formula is C18H33N5O6. The number of amides is 4. The minimum absolute atomic E-state index is 0.0640. The van der Waals surface area contributed by atoms with Crippen LogP contribution in [-0.4, -0.2) is 59.4 Å². The number of primary amides is 1. The maximum Gasteiger partial charge on any atom is 0.326 e. The average molecular weight is 415 g/mol. The molecule has 0 spiro atoms. The molecule has 4 unspecified atom stereocenters. The molecule has 0 aliphatic carbocycles. The van der Waals surface area contributed by atoms with Gasteiger partial charge in [0, 0.05) is 6.42 Å². The van der Waals surface area contributed by atoms with E-state index in [1.54, 1.807) is 20.8 Å². The van der Waals surface area contributed by atoms with Crippen LogP contribution in [0.2, 0.25) is 0 Å². The zero-order chi connectivity index (χ0) is 22.7. The predicted molar refractivity (Wildman–Crippen MR) is 105 cm³/mol. The van der Waals surface area contributed by atoms with Crippen LogP contribution in [0.25, 0.3) is 0 Å². The highest BCUT2D eigenvalue weighted by Gasteiger charge is 2.27. The smallest absolute Gasteiger partial charge is 0.326 e. The quantitative estimate of drug-likeness (QED) is 0.209. The van der Waals surface area contributed by atoms with Gasteiger partial charge < -0.3 is 32.5 Å². The number of aliphatic carboxylic acids is 1. The van der Waals surface area contributed by atoms with Crippen LogP contribution in [0.15, 0.2) is 0 Å². The fourth-order valence-electron chi connectivity index (χ4n) is 2.36. The molecular weight excluding hydrogens is 382 g/mol. The highest BCUT2D eigenvalue weighted by atomic mass is 16.4. The first-order valence-corrected chi connectivity index (χ1v) is 9.54. The van der Waals surface area contributed by atoms with Gasteiger partial charge in [0.1, 0.15) is 12.1 Å². The maximum atomic E-state index is 12.4. The van der Waals surface area contributed by atoms with E-state index in [0.29, 0.717) is 6.42 Å². The molecule has 0 saturated heterocycles. The van der Waals surface area contributed by atoms with Crippen LogP contribution in [0.1, 0.15) is 47.0 Å². The minimum Gasteiger partial charge on any atom is -0.480 e. The van der Waals surface area contributed by atoms with Gasteiger partial charge in [-0.3, -0.25) is 19.2 Å². The first kappa shape index (κ1) is 26.3. The highest BCUT2D eigenvalue weighted by molar-refractivity contribution is 5.93. The molecule has 29 heavy (non-hydrogen) atoms. The summed E-state index contributed by atoms with van der Waals surface area (Å²) in [6.45, 7) is 6.44.